The van der Waals surface area contributed by atoms with E-state index in [4.69, 9.17) is 10.5 Å². The molecular formula is C14H19N5O. The predicted octanol–water partition coefficient (Wildman–Crippen LogP) is 1.66. The van der Waals surface area contributed by atoms with Gasteiger partial charge in [0.25, 0.3) is 0 Å². The third kappa shape index (κ3) is 2.38. The van der Waals surface area contributed by atoms with E-state index in [1.54, 1.807) is 0 Å². The van der Waals surface area contributed by atoms with Crippen LogP contribution in [0.2, 0.25) is 0 Å². The Labute approximate surface area is 117 Å². The van der Waals surface area contributed by atoms with Crippen LogP contribution in [0.5, 0.6) is 0 Å². The summed E-state index contributed by atoms with van der Waals surface area (Å²) in [5.74, 6) is 1.22. The molecule has 106 valence electrons. The van der Waals surface area contributed by atoms with Crippen LogP contribution in [0.25, 0.3) is 11.4 Å². The molecule has 1 fully saturated rings. The van der Waals surface area contributed by atoms with Gasteiger partial charge in [0.05, 0.1) is 12.6 Å². The van der Waals surface area contributed by atoms with Gasteiger partial charge in [-0.2, -0.15) is 0 Å². The molecule has 2 N–H and O–H groups in total. The zero-order chi connectivity index (χ0) is 14.1. The molecule has 3 rings (SSSR count). The summed E-state index contributed by atoms with van der Waals surface area (Å²) in [6, 6.07) is 5.92. The first-order valence-corrected chi connectivity index (χ1v) is 6.89. The Morgan fingerprint density at radius 1 is 1.45 bits per heavy atom. The number of rotatable bonds is 3. The monoisotopic (exact) mass is 273 g/mol. The van der Waals surface area contributed by atoms with Crippen LogP contribution in [-0.2, 0) is 11.3 Å². The smallest absolute Gasteiger partial charge is 0.182 e. The number of hydrogen-bond donors (Lipinski definition) is 1. The maximum atomic E-state index is 5.96. The average molecular weight is 273 g/mol. The van der Waals surface area contributed by atoms with Crippen LogP contribution in [-0.4, -0.2) is 32.9 Å². The van der Waals surface area contributed by atoms with Crippen molar-refractivity contribution >= 4 is 5.69 Å². The van der Waals surface area contributed by atoms with Gasteiger partial charge in [-0.25, -0.2) is 4.68 Å². The molecule has 0 amide bonds. The van der Waals surface area contributed by atoms with E-state index in [-0.39, 0.29) is 6.10 Å². The molecule has 2 heterocycles. The maximum absolute atomic E-state index is 5.96. The number of anilines is 1. The fraction of sp³-hybridized carbons (Fsp3) is 0.500. The highest BCUT2D eigenvalue weighted by atomic mass is 16.5. The van der Waals surface area contributed by atoms with Crippen LogP contribution in [0.3, 0.4) is 0 Å². The summed E-state index contributed by atoms with van der Waals surface area (Å²) in [6.07, 6.45) is 1.31. The second kappa shape index (κ2) is 5.20. The van der Waals surface area contributed by atoms with E-state index in [2.05, 4.69) is 22.4 Å². The normalized spacial score (nSPS) is 22.3. The molecule has 6 nitrogen and oxygen atoms in total. The molecule has 0 bridgehead atoms. The fourth-order valence-electron chi connectivity index (χ4n) is 2.55. The minimum atomic E-state index is 0.259. The van der Waals surface area contributed by atoms with Crippen molar-refractivity contribution < 1.29 is 4.74 Å². The standard InChI is InChI=1S/C14H19N5O/c1-9-3-4-11(7-13(9)15)14-16-17-18-19(14)8-12-5-6-20-10(12)2/h3-4,7,10,12H,5-6,8,15H2,1-2H3. The minimum absolute atomic E-state index is 0.259. The molecule has 0 radical (unpaired) electrons. The summed E-state index contributed by atoms with van der Waals surface area (Å²) < 4.78 is 7.44. The van der Waals surface area contributed by atoms with Gasteiger partial charge in [0.2, 0.25) is 0 Å². The fourth-order valence-corrected chi connectivity index (χ4v) is 2.55. The molecular weight excluding hydrogens is 254 g/mol. The molecule has 1 aromatic carbocycles. The number of nitrogens with zero attached hydrogens (tertiary/aromatic N) is 4. The van der Waals surface area contributed by atoms with Crippen molar-refractivity contribution in [3.63, 3.8) is 0 Å². The second-order valence-electron chi connectivity index (χ2n) is 5.38. The van der Waals surface area contributed by atoms with Crippen molar-refractivity contribution in [3.05, 3.63) is 23.8 Å². The molecule has 0 saturated carbocycles. The Morgan fingerprint density at radius 2 is 2.30 bits per heavy atom. The number of tetrazole rings is 1. The van der Waals surface area contributed by atoms with E-state index >= 15 is 0 Å². The molecule has 1 aliphatic rings. The molecule has 2 unspecified atom stereocenters. The Balaban J connectivity index is 1.87. The van der Waals surface area contributed by atoms with Crippen molar-refractivity contribution in [3.8, 4) is 11.4 Å². The highest BCUT2D eigenvalue weighted by Gasteiger charge is 2.26. The van der Waals surface area contributed by atoms with E-state index < -0.39 is 0 Å². The Hall–Kier alpha value is -1.95. The zero-order valence-corrected chi connectivity index (χ0v) is 11.8. The summed E-state index contributed by atoms with van der Waals surface area (Å²) in [6.45, 7) is 5.68. The molecule has 1 aromatic heterocycles. The van der Waals surface area contributed by atoms with Crippen LogP contribution in [0.4, 0.5) is 5.69 Å². The van der Waals surface area contributed by atoms with Gasteiger partial charge in [-0.1, -0.05) is 12.1 Å². The zero-order valence-electron chi connectivity index (χ0n) is 11.8. The number of nitrogens with two attached hydrogens (primary N) is 1. The van der Waals surface area contributed by atoms with Crippen molar-refractivity contribution in [2.75, 3.05) is 12.3 Å². The highest BCUT2D eigenvalue weighted by Crippen LogP contribution is 2.25. The van der Waals surface area contributed by atoms with Gasteiger partial charge in [-0.3, -0.25) is 0 Å². The van der Waals surface area contributed by atoms with Gasteiger partial charge >= 0.3 is 0 Å². The summed E-state index contributed by atoms with van der Waals surface area (Å²) in [4.78, 5) is 0. The number of benzene rings is 1. The number of aromatic nitrogens is 4. The SMILES string of the molecule is Cc1ccc(-c2nnnn2CC2CCOC2C)cc1N. The highest BCUT2D eigenvalue weighted by molar-refractivity contribution is 5.63. The van der Waals surface area contributed by atoms with Crippen LogP contribution in [0.15, 0.2) is 18.2 Å². The third-order valence-electron chi connectivity index (χ3n) is 4.01. The lowest BCUT2D eigenvalue weighted by molar-refractivity contribution is 0.101. The number of hydrogen-bond acceptors (Lipinski definition) is 5. The first kappa shape index (κ1) is 13.1. The summed E-state index contributed by atoms with van der Waals surface area (Å²) in [7, 11) is 0. The summed E-state index contributed by atoms with van der Waals surface area (Å²) in [5.41, 5.74) is 8.73. The molecule has 2 aromatic rings. The number of aryl methyl sites for hydroxylation is 1. The number of nitrogen functional groups attached to an aromatic ring is 1. The van der Waals surface area contributed by atoms with Crippen LogP contribution in [0.1, 0.15) is 18.9 Å². The van der Waals surface area contributed by atoms with Gasteiger partial charge in [-0.05, 0) is 42.3 Å². The van der Waals surface area contributed by atoms with E-state index in [0.717, 1.165) is 42.2 Å². The van der Waals surface area contributed by atoms with E-state index in [0.29, 0.717) is 5.92 Å². The van der Waals surface area contributed by atoms with Crippen molar-refractivity contribution in [2.24, 2.45) is 5.92 Å². The van der Waals surface area contributed by atoms with Crippen molar-refractivity contribution in [1.82, 2.24) is 20.2 Å². The van der Waals surface area contributed by atoms with E-state index in [1.807, 2.05) is 29.8 Å². The molecule has 1 saturated heterocycles. The van der Waals surface area contributed by atoms with E-state index in [1.165, 1.54) is 0 Å². The van der Waals surface area contributed by atoms with Gasteiger partial charge in [0.1, 0.15) is 0 Å². The van der Waals surface area contributed by atoms with Gasteiger partial charge < -0.3 is 10.5 Å². The Kier molecular flexibility index (Phi) is 3.40. The molecule has 6 heteroatoms. The van der Waals surface area contributed by atoms with Crippen LogP contribution in [0, 0.1) is 12.8 Å². The lowest BCUT2D eigenvalue weighted by Crippen LogP contribution is -2.19. The lowest BCUT2D eigenvalue weighted by Gasteiger charge is -2.14. The first-order chi connectivity index (χ1) is 9.65. The average Bonchev–Trinajstić information content (AvgIpc) is 3.04. The molecule has 2 atom stereocenters. The van der Waals surface area contributed by atoms with E-state index in [9.17, 15) is 0 Å². The number of ether oxygens (including phenoxy) is 1. The minimum Gasteiger partial charge on any atom is -0.398 e. The van der Waals surface area contributed by atoms with Crippen LogP contribution < -0.4 is 5.73 Å². The van der Waals surface area contributed by atoms with Gasteiger partial charge in [0.15, 0.2) is 5.82 Å². The summed E-state index contributed by atoms with van der Waals surface area (Å²) in [5, 5.41) is 12.0. The van der Waals surface area contributed by atoms with Crippen LogP contribution >= 0.6 is 0 Å². The maximum Gasteiger partial charge on any atom is 0.182 e. The summed E-state index contributed by atoms with van der Waals surface area (Å²) >= 11 is 0. The molecule has 1 aliphatic heterocycles. The lowest BCUT2D eigenvalue weighted by atomic mass is 10.0. The molecule has 0 aliphatic carbocycles. The predicted molar refractivity (Wildman–Crippen MR) is 75.9 cm³/mol. The Morgan fingerprint density at radius 3 is 3.00 bits per heavy atom. The largest absolute Gasteiger partial charge is 0.398 e. The topological polar surface area (TPSA) is 78.8 Å². The second-order valence-corrected chi connectivity index (χ2v) is 5.38. The molecule has 20 heavy (non-hydrogen) atoms. The Bertz CT molecular complexity index is 609. The van der Waals surface area contributed by atoms with Gasteiger partial charge in [0, 0.05) is 23.8 Å². The quantitative estimate of drug-likeness (QED) is 0.860. The van der Waals surface area contributed by atoms with Crippen molar-refractivity contribution in [2.45, 2.75) is 32.9 Å². The first-order valence-electron chi connectivity index (χ1n) is 6.89. The third-order valence-corrected chi connectivity index (χ3v) is 4.01. The molecule has 0 spiro atoms. The van der Waals surface area contributed by atoms with Crippen molar-refractivity contribution in [1.29, 1.82) is 0 Å². The van der Waals surface area contributed by atoms with Gasteiger partial charge in [-0.15, -0.1) is 5.10 Å².